The Morgan fingerprint density at radius 2 is 1.60 bits per heavy atom. The van der Waals surface area contributed by atoms with E-state index in [4.69, 9.17) is 0 Å². The normalized spacial score (nSPS) is 9.53. The molecule has 0 aromatic heterocycles. The maximum Gasteiger partial charge on any atom is 0.0208 e. The molecule has 0 fully saturated rings. The van der Waals surface area contributed by atoms with Gasteiger partial charge in [-0.25, -0.2) is 0 Å². The highest BCUT2D eigenvalue weighted by atomic mass is 14.8. The highest BCUT2D eigenvalue weighted by Crippen LogP contribution is 2.17. The molecule has 2 aromatic carbocycles. The Morgan fingerprint density at radius 3 is 2.33 bits per heavy atom. The summed E-state index contributed by atoms with van der Waals surface area (Å²) in [5.74, 6) is 0. The van der Waals surface area contributed by atoms with E-state index in [1.54, 1.807) is 0 Å². The number of benzene rings is 2. The first-order chi connectivity index (χ1) is 7.42. The number of nitrogens with one attached hydrogen (secondary N) is 1. The van der Waals surface area contributed by atoms with Crippen LogP contribution in [0.3, 0.4) is 0 Å². The van der Waals surface area contributed by atoms with E-state index in [0.29, 0.717) is 0 Å². The van der Waals surface area contributed by atoms with Crippen molar-refractivity contribution < 1.29 is 0 Å². The van der Waals surface area contributed by atoms with Gasteiger partial charge in [-0.05, 0) is 23.4 Å². The number of fused-ring (bicyclic) bond motifs is 1. The summed E-state index contributed by atoms with van der Waals surface area (Å²) in [5.41, 5.74) is 1.36. The molecule has 0 bridgehead atoms. The van der Waals surface area contributed by atoms with Gasteiger partial charge in [-0.1, -0.05) is 56.3 Å². The third-order valence-corrected chi connectivity index (χ3v) is 2.25. The van der Waals surface area contributed by atoms with Gasteiger partial charge in [0.05, 0.1) is 0 Å². The van der Waals surface area contributed by atoms with E-state index >= 15 is 0 Å². The van der Waals surface area contributed by atoms with E-state index in [0.717, 1.165) is 6.54 Å². The first-order valence-electron chi connectivity index (χ1n) is 5.53. The summed E-state index contributed by atoms with van der Waals surface area (Å²) < 4.78 is 0. The Balaban J connectivity index is 0.000000531. The number of hydrogen-bond acceptors (Lipinski definition) is 1. The van der Waals surface area contributed by atoms with Gasteiger partial charge in [-0.3, -0.25) is 0 Å². The van der Waals surface area contributed by atoms with Crippen molar-refractivity contribution in [3.8, 4) is 0 Å². The van der Waals surface area contributed by atoms with Gasteiger partial charge in [-0.15, -0.1) is 0 Å². The Bertz CT molecular complexity index is 402. The summed E-state index contributed by atoms with van der Waals surface area (Å²) in [7, 11) is 1.97. The fourth-order valence-electron chi connectivity index (χ4n) is 1.64. The van der Waals surface area contributed by atoms with E-state index in [1.807, 2.05) is 20.9 Å². The lowest BCUT2D eigenvalue weighted by atomic mass is 10.0. The molecule has 0 heterocycles. The van der Waals surface area contributed by atoms with E-state index in [2.05, 4.69) is 47.8 Å². The van der Waals surface area contributed by atoms with Crippen LogP contribution in [0.25, 0.3) is 10.8 Å². The van der Waals surface area contributed by atoms with Crippen LogP contribution >= 0.6 is 0 Å². The van der Waals surface area contributed by atoms with Gasteiger partial charge in [0.25, 0.3) is 0 Å². The summed E-state index contributed by atoms with van der Waals surface area (Å²) in [6.45, 7) is 4.93. The van der Waals surface area contributed by atoms with Gasteiger partial charge in [0.15, 0.2) is 0 Å². The maximum absolute atomic E-state index is 3.18. The topological polar surface area (TPSA) is 12.0 Å². The molecule has 0 amide bonds. The Hall–Kier alpha value is -1.34. The molecule has 80 valence electrons. The highest BCUT2D eigenvalue weighted by Gasteiger charge is 1.97. The summed E-state index contributed by atoms with van der Waals surface area (Å²) >= 11 is 0. The van der Waals surface area contributed by atoms with Crippen molar-refractivity contribution in [3.63, 3.8) is 0 Å². The molecular weight excluding hydrogens is 182 g/mol. The Labute approximate surface area is 92.1 Å². The van der Waals surface area contributed by atoms with Crippen molar-refractivity contribution in [2.24, 2.45) is 0 Å². The molecule has 0 aliphatic heterocycles. The molecule has 1 heteroatoms. The fraction of sp³-hybridized carbons (Fsp3) is 0.286. The summed E-state index contributed by atoms with van der Waals surface area (Å²) in [6.07, 6.45) is 0. The lowest BCUT2D eigenvalue weighted by Gasteiger charge is -2.04. The zero-order chi connectivity index (χ0) is 11.1. The van der Waals surface area contributed by atoms with E-state index in [9.17, 15) is 0 Å². The second-order valence-electron chi connectivity index (χ2n) is 3.17. The van der Waals surface area contributed by atoms with Gasteiger partial charge in [0, 0.05) is 6.54 Å². The quantitative estimate of drug-likeness (QED) is 0.783. The molecule has 15 heavy (non-hydrogen) atoms. The van der Waals surface area contributed by atoms with Crippen LogP contribution < -0.4 is 5.32 Å². The molecule has 0 saturated carbocycles. The zero-order valence-corrected chi connectivity index (χ0v) is 9.75. The smallest absolute Gasteiger partial charge is 0.0208 e. The van der Waals surface area contributed by atoms with Crippen LogP contribution in [-0.4, -0.2) is 7.05 Å². The molecule has 0 atom stereocenters. The largest absolute Gasteiger partial charge is 0.316 e. The van der Waals surface area contributed by atoms with Crippen molar-refractivity contribution in [1.29, 1.82) is 0 Å². The Morgan fingerprint density at radius 1 is 0.933 bits per heavy atom. The predicted octanol–water partition coefficient (Wildman–Crippen LogP) is 3.59. The van der Waals surface area contributed by atoms with Gasteiger partial charge >= 0.3 is 0 Å². The molecular formula is C14H19N. The van der Waals surface area contributed by atoms with Crippen molar-refractivity contribution in [3.05, 3.63) is 48.0 Å². The van der Waals surface area contributed by atoms with E-state index in [-0.39, 0.29) is 0 Å². The lowest BCUT2D eigenvalue weighted by Crippen LogP contribution is -2.05. The molecule has 0 aliphatic carbocycles. The lowest BCUT2D eigenvalue weighted by molar-refractivity contribution is 0.824. The SMILES string of the molecule is CC.CNCc1cccc2ccccc12. The van der Waals surface area contributed by atoms with Gasteiger partial charge < -0.3 is 5.32 Å². The van der Waals surface area contributed by atoms with Crippen LogP contribution in [-0.2, 0) is 6.54 Å². The molecule has 0 saturated heterocycles. The highest BCUT2D eigenvalue weighted by molar-refractivity contribution is 5.85. The Kier molecular flexibility index (Phi) is 4.85. The van der Waals surface area contributed by atoms with Crippen LogP contribution in [0.1, 0.15) is 19.4 Å². The molecule has 0 unspecified atom stereocenters. The first kappa shape index (κ1) is 11.7. The molecule has 0 aliphatic rings. The average molecular weight is 201 g/mol. The summed E-state index contributed by atoms with van der Waals surface area (Å²) in [4.78, 5) is 0. The molecule has 2 aromatic rings. The summed E-state index contributed by atoms with van der Waals surface area (Å²) in [5, 5.41) is 5.84. The number of rotatable bonds is 2. The van der Waals surface area contributed by atoms with Gasteiger partial charge in [0.1, 0.15) is 0 Å². The second-order valence-corrected chi connectivity index (χ2v) is 3.17. The third kappa shape index (κ3) is 2.80. The van der Waals surface area contributed by atoms with Crippen LogP contribution in [0.5, 0.6) is 0 Å². The number of hydrogen-bond donors (Lipinski definition) is 1. The van der Waals surface area contributed by atoms with Crippen molar-refractivity contribution in [2.75, 3.05) is 7.05 Å². The van der Waals surface area contributed by atoms with Gasteiger partial charge in [0.2, 0.25) is 0 Å². The van der Waals surface area contributed by atoms with Gasteiger partial charge in [-0.2, -0.15) is 0 Å². The van der Waals surface area contributed by atoms with Crippen LogP contribution in [0.15, 0.2) is 42.5 Å². The van der Waals surface area contributed by atoms with Crippen LogP contribution in [0, 0.1) is 0 Å². The van der Waals surface area contributed by atoms with Crippen molar-refractivity contribution in [1.82, 2.24) is 5.32 Å². The second kappa shape index (κ2) is 6.20. The fourth-order valence-corrected chi connectivity index (χ4v) is 1.64. The standard InChI is InChI=1S/C12H13N.C2H6/c1-13-9-11-7-4-6-10-5-2-3-8-12(10)11;1-2/h2-8,13H,9H2,1H3;1-2H3. The van der Waals surface area contributed by atoms with E-state index < -0.39 is 0 Å². The molecule has 2 rings (SSSR count). The van der Waals surface area contributed by atoms with Crippen LogP contribution in [0.2, 0.25) is 0 Å². The molecule has 0 spiro atoms. The minimum atomic E-state index is 0.932. The molecule has 1 nitrogen and oxygen atoms in total. The third-order valence-electron chi connectivity index (χ3n) is 2.25. The van der Waals surface area contributed by atoms with Crippen molar-refractivity contribution >= 4 is 10.8 Å². The first-order valence-corrected chi connectivity index (χ1v) is 5.53. The average Bonchev–Trinajstić information content (AvgIpc) is 2.33. The molecule has 1 N–H and O–H groups in total. The van der Waals surface area contributed by atoms with Crippen LogP contribution in [0.4, 0.5) is 0 Å². The summed E-state index contributed by atoms with van der Waals surface area (Å²) in [6, 6.07) is 14.9. The predicted molar refractivity (Wildman–Crippen MR) is 68.1 cm³/mol. The minimum Gasteiger partial charge on any atom is -0.316 e. The zero-order valence-electron chi connectivity index (χ0n) is 9.75. The monoisotopic (exact) mass is 201 g/mol. The van der Waals surface area contributed by atoms with Crippen molar-refractivity contribution in [2.45, 2.75) is 20.4 Å². The van der Waals surface area contributed by atoms with E-state index in [1.165, 1.54) is 16.3 Å². The molecule has 0 radical (unpaired) electrons. The minimum absolute atomic E-state index is 0.932. The maximum atomic E-state index is 3.18.